The van der Waals surface area contributed by atoms with E-state index in [9.17, 15) is 10.1 Å². The molecule has 0 aromatic heterocycles. The SMILES string of the molecule is CC(C)(C)[Si](C)(C)OCCCCCCCCC#C[C@H]1O[C@H](COCc2ccccc2)[C@H](OCc2ccccc2)[C@H](OCc2ccccc2)[C@H]1[N+](=O)[O-]. The number of nitrogens with zero attached hydrogens (tertiary/aromatic N) is 1. The molecular formula is C43H59NO7Si. The van der Waals surface area contributed by atoms with Crippen molar-refractivity contribution in [2.24, 2.45) is 0 Å². The lowest BCUT2D eigenvalue weighted by Gasteiger charge is -2.41. The molecule has 3 aromatic rings. The van der Waals surface area contributed by atoms with Gasteiger partial charge >= 0.3 is 0 Å². The summed E-state index contributed by atoms with van der Waals surface area (Å²) < 4.78 is 31.8. The molecule has 0 N–H and O–H groups in total. The second kappa shape index (κ2) is 21.4. The van der Waals surface area contributed by atoms with Crippen LogP contribution in [0.25, 0.3) is 0 Å². The van der Waals surface area contributed by atoms with Gasteiger partial charge in [-0.05, 0) is 47.7 Å². The highest BCUT2D eigenvalue weighted by Crippen LogP contribution is 2.36. The zero-order valence-corrected chi connectivity index (χ0v) is 32.8. The molecule has 1 aliphatic rings. The van der Waals surface area contributed by atoms with Crippen LogP contribution in [0.4, 0.5) is 0 Å². The Morgan fingerprint density at radius 1 is 0.731 bits per heavy atom. The van der Waals surface area contributed by atoms with Gasteiger partial charge in [0.25, 0.3) is 6.04 Å². The van der Waals surface area contributed by atoms with E-state index in [1.807, 2.05) is 91.0 Å². The van der Waals surface area contributed by atoms with Gasteiger partial charge in [-0.3, -0.25) is 10.1 Å². The van der Waals surface area contributed by atoms with E-state index in [2.05, 4.69) is 45.7 Å². The molecule has 0 spiro atoms. The molecular weight excluding hydrogens is 671 g/mol. The van der Waals surface area contributed by atoms with Crippen LogP contribution in [-0.2, 0) is 43.2 Å². The molecule has 0 radical (unpaired) electrons. The van der Waals surface area contributed by atoms with Crippen LogP contribution in [0.5, 0.6) is 0 Å². The van der Waals surface area contributed by atoms with E-state index in [1.54, 1.807) is 0 Å². The third-order valence-corrected chi connectivity index (χ3v) is 14.6. The first kappa shape index (κ1) is 41.4. The molecule has 1 saturated heterocycles. The molecule has 5 atom stereocenters. The molecule has 0 saturated carbocycles. The zero-order chi connectivity index (χ0) is 37.2. The monoisotopic (exact) mass is 729 g/mol. The van der Waals surface area contributed by atoms with Crippen LogP contribution < -0.4 is 0 Å². The molecule has 0 aliphatic carbocycles. The van der Waals surface area contributed by atoms with Crippen LogP contribution >= 0.6 is 0 Å². The maximum absolute atomic E-state index is 12.8. The Labute approximate surface area is 312 Å². The van der Waals surface area contributed by atoms with Crippen molar-refractivity contribution in [3.63, 3.8) is 0 Å². The fourth-order valence-corrected chi connectivity index (χ4v) is 7.03. The van der Waals surface area contributed by atoms with Gasteiger partial charge < -0.3 is 23.4 Å². The van der Waals surface area contributed by atoms with Gasteiger partial charge in [0.05, 0.1) is 26.4 Å². The van der Waals surface area contributed by atoms with Crippen LogP contribution in [0.2, 0.25) is 18.1 Å². The van der Waals surface area contributed by atoms with Gasteiger partial charge in [-0.15, -0.1) is 5.92 Å². The fraction of sp³-hybridized carbons (Fsp3) is 0.535. The Morgan fingerprint density at radius 2 is 1.23 bits per heavy atom. The van der Waals surface area contributed by atoms with Gasteiger partial charge in [-0.25, -0.2) is 0 Å². The van der Waals surface area contributed by atoms with Crippen LogP contribution in [0, 0.1) is 22.0 Å². The highest BCUT2D eigenvalue weighted by Gasteiger charge is 2.53. The summed E-state index contributed by atoms with van der Waals surface area (Å²) in [4.78, 5) is 12.5. The smallest absolute Gasteiger partial charge is 0.278 e. The zero-order valence-electron chi connectivity index (χ0n) is 31.8. The Balaban J connectivity index is 1.40. The topological polar surface area (TPSA) is 89.3 Å². The summed E-state index contributed by atoms with van der Waals surface area (Å²) in [6.45, 7) is 13.3. The van der Waals surface area contributed by atoms with Crippen LogP contribution in [0.1, 0.15) is 82.4 Å². The number of hydrogen-bond donors (Lipinski definition) is 0. The van der Waals surface area contributed by atoms with Crippen LogP contribution in [0.15, 0.2) is 91.0 Å². The van der Waals surface area contributed by atoms with Crippen LogP contribution in [-0.4, -0.2) is 56.9 Å². The number of unbranched alkanes of at least 4 members (excludes halogenated alkanes) is 6. The van der Waals surface area contributed by atoms with Crippen molar-refractivity contribution in [2.45, 2.75) is 134 Å². The second-order valence-corrected chi connectivity index (χ2v) is 20.0. The predicted octanol–water partition coefficient (Wildman–Crippen LogP) is 9.54. The third-order valence-electron chi connectivity index (χ3n) is 10.1. The summed E-state index contributed by atoms with van der Waals surface area (Å²) in [6, 6.07) is 28.1. The average Bonchev–Trinajstić information content (AvgIpc) is 3.13. The second-order valence-electron chi connectivity index (χ2n) is 15.2. The molecule has 52 heavy (non-hydrogen) atoms. The normalized spacial score (nSPS) is 20.6. The molecule has 0 unspecified atom stereocenters. The van der Waals surface area contributed by atoms with Crippen molar-refractivity contribution in [3.05, 3.63) is 118 Å². The first-order valence-electron chi connectivity index (χ1n) is 18.9. The fourth-order valence-electron chi connectivity index (χ4n) is 5.94. The Morgan fingerprint density at radius 3 is 1.77 bits per heavy atom. The van der Waals surface area contributed by atoms with Gasteiger partial charge in [0.1, 0.15) is 12.2 Å². The van der Waals surface area contributed by atoms with Crippen molar-refractivity contribution in [2.75, 3.05) is 13.2 Å². The molecule has 1 heterocycles. The van der Waals surface area contributed by atoms with E-state index >= 15 is 0 Å². The van der Waals surface area contributed by atoms with E-state index in [1.165, 1.54) is 6.42 Å². The van der Waals surface area contributed by atoms with Crippen molar-refractivity contribution < 1.29 is 28.3 Å². The highest BCUT2D eigenvalue weighted by atomic mass is 28.4. The highest BCUT2D eigenvalue weighted by molar-refractivity contribution is 6.74. The summed E-state index contributed by atoms with van der Waals surface area (Å²) in [5, 5.41) is 13.0. The molecule has 3 aromatic carbocycles. The number of nitro groups is 1. The van der Waals surface area contributed by atoms with Gasteiger partial charge in [-0.1, -0.05) is 143 Å². The predicted molar refractivity (Wildman–Crippen MR) is 209 cm³/mol. The van der Waals surface area contributed by atoms with Crippen molar-refractivity contribution >= 4 is 8.32 Å². The van der Waals surface area contributed by atoms with E-state index < -0.39 is 38.8 Å². The summed E-state index contributed by atoms with van der Waals surface area (Å²) in [7, 11) is -1.68. The molecule has 4 rings (SSSR count). The maximum atomic E-state index is 12.8. The van der Waals surface area contributed by atoms with Gasteiger partial charge in [0, 0.05) is 18.0 Å². The van der Waals surface area contributed by atoms with Gasteiger partial charge in [0.15, 0.2) is 20.5 Å². The first-order chi connectivity index (χ1) is 25.0. The summed E-state index contributed by atoms with van der Waals surface area (Å²) in [5.41, 5.74) is 2.89. The van der Waals surface area contributed by atoms with E-state index in [0.717, 1.165) is 55.4 Å². The number of rotatable bonds is 20. The van der Waals surface area contributed by atoms with Gasteiger partial charge in [-0.2, -0.15) is 0 Å². The number of hydrogen-bond acceptors (Lipinski definition) is 7. The minimum absolute atomic E-state index is 0.170. The standard InChI is InChI=1S/C43H59NO7Si/c1-43(2,3)52(4,5)50-30-22-11-9-7-6-8-10-21-29-38-40(44(45)46)42(49-33-37-27-19-14-20-28-37)41(48-32-36-25-17-13-18-26-36)39(51-38)34-47-31-35-23-15-12-16-24-35/h12-20,23-28,38-42H,6-11,22,30-34H2,1-5H3/t38-,39-,40+,41+,42-/m1/s1. The number of benzene rings is 3. The molecule has 1 aliphatic heterocycles. The molecule has 8 nitrogen and oxygen atoms in total. The molecule has 1 fully saturated rings. The quantitative estimate of drug-likeness (QED) is 0.0376. The first-order valence-corrected chi connectivity index (χ1v) is 21.8. The average molecular weight is 730 g/mol. The van der Waals surface area contributed by atoms with Crippen molar-refractivity contribution in [1.82, 2.24) is 0 Å². The van der Waals surface area contributed by atoms with Crippen molar-refractivity contribution in [3.8, 4) is 11.8 Å². The lowest BCUT2D eigenvalue weighted by atomic mass is 9.92. The molecule has 0 amide bonds. The van der Waals surface area contributed by atoms with E-state index in [4.69, 9.17) is 23.4 Å². The maximum Gasteiger partial charge on any atom is 0.278 e. The minimum atomic E-state index is -1.68. The third kappa shape index (κ3) is 13.6. The number of ether oxygens (including phenoxy) is 4. The lowest BCUT2D eigenvalue weighted by Crippen LogP contribution is -2.62. The van der Waals surface area contributed by atoms with Crippen molar-refractivity contribution in [1.29, 1.82) is 0 Å². The molecule has 9 heteroatoms. The summed E-state index contributed by atoms with van der Waals surface area (Å²) in [6.07, 6.45) is 3.91. The molecule has 0 bridgehead atoms. The van der Waals surface area contributed by atoms with Crippen LogP contribution in [0.3, 0.4) is 0 Å². The molecule has 282 valence electrons. The Bertz CT molecular complexity index is 1500. The largest absolute Gasteiger partial charge is 0.417 e. The Kier molecular flexibility index (Phi) is 17.0. The Hall–Kier alpha value is -3.36. The van der Waals surface area contributed by atoms with E-state index in [0.29, 0.717) is 13.0 Å². The summed E-state index contributed by atoms with van der Waals surface area (Å²) in [5.74, 6) is 6.36. The lowest BCUT2D eigenvalue weighted by molar-refractivity contribution is -0.557. The minimum Gasteiger partial charge on any atom is -0.417 e. The van der Waals surface area contributed by atoms with E-state index in [-0.39, 0.29) is 29.8 Å². The van der Waals surface area contributed by atoms with Gasteiger partial charge in [0.2, 0.25) is 0 Å². The summed E-state index contributed by atoms with van der Waals surface area (Å²) >= 11 is 0.